The van der Waals surface area contributed by atoms with Gasteiger partial charge in [-0.1, -0.05) is 65.8 Å². The highest BCUT2D eigenvalue weighted by atomic mass is 16.5. The lowest BCUT2D eigenvalue weighted by atomic mass is 10.1. The third-order valence-corrected chi connectivity index (χ3v) is 6.68. The lowest BCUT2D eigenvalue weighted by Crippen LogP contribution is -2.34. The molecule has 1 fully saturated rings. The van der Waals surface area contributed by atoms with Crippen molar-refractivity contribution in [2.75, 3.05) is 26.2 Å². The van der Waals surface area contributed by atoms with E-state index in [2.05, 4.69) is 20.4 Å². The largest absolute Gasteiger partial charge is 0.485 e. The minimum absolute atomic E-state index is 0.0990. The number of likely N-dealkylation sites (tertiary alicyclic amines) is 1. The summed E-state index contributed by atoms with van der Waals surface area (Å²) in [4.78, 5) is 30.5. The van der Waals surface area contributed by atoms with Gasteiger partial charge in [-0.2, -0.15) is 0 Å². The van der Waals surface area contributed by atoms with Gasteiger partial charge in [-0.25, -0.2) is 9.78 Å². The van der Waals surface area contributed by atoms with Gasteiger partial charge in [-0.05, 0) is 24.1 Å². The summed E-state index contributed by atoms with van der Waals surface area (Å²) in [5, 5.41) is 15.9. The number of carboxylic acids is 1. The number of aromatic carboxylic acids is 1. The van der Waals surface area contributed by atoms with Crippen LogP contribution in [0.25, 0.3) is 0 Å². The molecule has 0 aliphatic carbocycles. The average Bonchev–Trinajstić information content (AvgIpc) is 3.67. The minimum Gasteiger partial charge on any atom is -0.485 e. The van der Waals surface area contributed by atoms with Gasteiger partial charge in [0.05, 0.1) is 11.9 Å². The summed E-state index contributed by atoms with van der Waals surface area (Å²) >= 11 is 0. The zero-order chi connectivity index (χ0) is 27.7. The smallest absolute Gasteiger partial charge is 0.374 e. The van der Waals surface area contributed by atoms with Crippen molar-refractivity contribution in [3.63, 3.8) is 0 Å². The van der Waals surface area contributed by atoms with E-state index >= 15 is 0 Å². The second kappa shape index (κ2) is 12.9. The molecule has 0 spiro atoms. The molecular weight excluding hydrogens is 512 g/mol. The third kappa shape index (κ3) is 7.03. The number of rotatable bonds is 12. The Labute approximate surface area is 231 Å². The highest BCUT2D eigenvalue weighted by molar-refractivity contribution is 5.92. The molecule has 1 aliphatic heterocycles. The van der Waals surface area contributed by atoms with E-state index in [4.69, 9.17) is 19.1 Å². The molecule has 1 saturated heterocycles. The number of carbonyl (C=O) groups is 2. The molecule has 0 unspecified atom stereocenters. The van der Waals surface area contributed by atoms with Crippen LogP contribution in [0.3, 0.4) is 0 Å². The van der Waals surface area contributed by atoms with Crippen molar-refractivity contribution in [1.29, 1.82) is 0 Å². The molecule has 1 atom stereocenters. The average molecular weight is 543 g/mol. The molecule has 0 saturated carbocycles. The van der Waals surface area contributed by atoms with Crippen LogP contribution in [0.5, 0.6) is 11.5 Å². The fourth-order valence-electron chi connectivity index (χ4n) is 4.52. The first-order valence-electron chi connectivity index (χ1n) is 13.1. The Balaban J connectivity index is 1.17. The van der Waals surface area contributed by atoms with Crippen molar-refractivity contribution in [3.8, 4) is 11.5 Å². The second-order valence-electron chi connectivity index (χ2n) is 9.53. The number of carboxylic acid groups (broad SMARTS) is 1. The van der Waals surface area contributed by atoms with E-state index in [1.807, 2.05) is 60.7 Å². The molecule has 10 nitrogen and oxygen atoms in total. The van der Waals surface area contributed by atoms with Crippen LogP contribution in [-0.2, 0) is 13.2 Å². The third-order valence-electron chi connectivity index (χ3n) is 6.68. The van der Waals surface area contributed by atoms with Crippen LogP contribution in [-0.4, -0.2) is 58.2 Å². The summed E-state index contributed by atoms with van der Waals surface area (Å²) in [6.45, 7) is 3.27. The molecule has 1 amide bonds. The molecule has 10 heteroatoms. The number of nitrogens with one attached hydrogen (secondary N) is 1. The molecule has 3 heterocycles. The Bertz CT molecular complexity index is 1430. The molecule has 5 rings (SSSR count). The summed E-state index contributed by atoms with van der Waals surface area (Å²) in [5.41, 5.74) is 2.88. The van der Waals surface area contributed by atoms with Crippen LogP contribution in [0.1, 0.15) is 50.2 Å². The van der Waals surface area contributed by atoms with Crippen molar-refractivity contribution >= 4 is 11.9 Å². The fraction of sp³-hybridized carbons (Fsp3) is 0.267. The Morgan fingerprint density at radius 1 is 0.975 bits per heavy atom. The number of ether oxygens (including phenoxy) is 2. The standard InChI is InChI=1S/C30H30N4O6/c35-29(31-12-14-34-13-11-23(18-34)24-15-27(30(36)37)40-33-24)25-16-26(38-19-21-7-3-1-4-8-21)28(17-32-25)39-20-22-9-5-2-6-10-22/h1-10,15-17,23H,11-14,18-20H2,(H,31,35)(H,36,37)/t23-/m1/s1. The number of aromatic nitrogens is 2. The maximum Gasteiger partial charge on any atom is 0.374 e. The van der Waals surface area contributed by atoms with Crippen LogP contribution in [0, 0.1) is 0 Å². The van der Waals surface area contributed by atoms with E-state index in [1.165, 1.54) is 12.3 Å². The highest BCUT2D eigenvalue weighted by Crippen LogP contribution is 2.29. The van der Waals surface area contributed by atoms with E-state index in [-0.39, 0.29) is 23.3 Å². The summed E-state index contributed by atoms with van der Waals surface area (Å²) in [6.07, 6.45) is 2.36. The van der Waals surface area contributed by atoms with E-state index in [0.717, 1.165) is 24.1 Å². The molecule has 2 N–H and O–H groups in total. The predicted molar refractivity (Wildman–Crippen MR) is 145 cm³/mol. The Kier molecular flexibility index (Phi) is 8.67. The SMILES string of the molecule is O=C(NCCN1CC[C@@H](c2cc(C(=O)O)on2)C1)c1cc(OCc2ccccc2)c(OCc2ccccc2)cn1. The normalized spacial score (nSPS) is 15.1. The Morgan fingerprint density at radius 2 is 1.65 bits per heavy atom. The molecule has 2 aromatic carbocycles. The van der Waals surface area contributed by atoms with Crippen molar-refractivity contribution in [2.45, 2.75) is 25.6 Å². The summed E-state index contributed by atoms with van der Waals surface area (Å²) in [6, 6.07) is 22.6. The first-order valence-corrected chi connectivity index (χ1v) is 13.1. The molecule has 0 radical (unpaired) electrons. The van der Waals surface area contributed by atoms with Crippen LogP contribution >= 0.6 is 0 Å². The van der Waals surface area contributed by atoms with Crippen LogP contribution < -0.4 is 14.8 Å². The lowest BCUT2D eigenvalue weighted by Gasteiger charge is -2.16. The van der Waals surface area contributed by atoms with Crippen LogP contribution in [0.15, 0.2) is 83.5 Å². The van der Waals surface area contributed by atoms with Gasteiger partial charge in [-0.3, -0.25) is 4.79 Å². The molecule has 1 aliphatic rings. The van der Waals surface area contributed by atoms with E-state index in [1.54, 1.807) is 6.07 Å². The van der Waals surface area contributed by atoms with Gasteiger partial charge in [-0.15, -0.1) is 0 Å². The maximum absolute atomic E-state index is 12.9. The lowest BCUT2D eigenvalue weighted by molar-refractivity contribution is 0.0651. The number of carbonyl (C=O) groups excluding carboxylic acids is 1. The van der Waals surface area contributed by atoms with Gasteiger partial charge >= 0.3 is 5.97 Å². The fourth-order valence-corrected chi connectivity index (χ4v) is 4.52. The molecule has 0 bridgehead atoms. The van der Waals surface area contributed by atoms with Crippen molar-refractivity contribution in [1.82, 2.24) is 20.4 Å². The van der Waals surface area contributed by atoms with Crippen molar-refractivity contribution in [3.05, 3.63) is 107 Å². The van der Waals surface area contributed by atoms with Gasteiger partial charge in [0.1, 0.15) is 18.9 Å². The minimum atomic E-state index is -1.13. The number of hydrogen-bond donors (Lipinski definition) is 2. The number of benzene rings is 2. The van der Waals surface area contributed by atoms with Gasteiger partial charge in [0.25, 0.3) is 5.91 Å². The summed E-state index contributed by atoms with van der Waals surface area (Å²) in [7, 11) is 0. The van der Waals surface area contributed by atoms with Crippen molar-refractivity contribution in [2.24, 2.45) is 0 Å². The van der Waals surface area contributed by atoms with Gasteiger partial charge in [0.15, 0.2) is 11.5 Å². The summed E-state index contributed by atoms with van der Waals surface area (Å²) < 4.78 is 16.9. The van der Waals surface area contributed by atoms with E-state index in [0.29, 0.717) is 50.0 Å². The summed E-state index contributed by atoms with van der Waals surface area (Å²) in [5.74, 6) is -0.598. The maximum atomic E-state index is 12.9. The van der Waals surface area contributed by atoms with E-state index < -0.39 is 5.97 Å². The number of amides is 1. The monoisotopic (exact) mass is 542 g/mol. The molecule has 4 aromatic rings. The van der Waals surface area contributed by atoms with Gasteiger partial charge in [0, 0.05) is 37.7 Å². The number of nitrogens with zero attached hydrogens (tertiary/aromatic N) is 3. The Hall–Kier alpha value is -4.70. The second-order valence-corrected chi connectivity index (χ2v) is 9.53. The molecule has 2 aromatic heterocycles. The zero-order valence-electron chi connectivity index (χ0n) is 21.9. The highest BCUT2D eigenvalue weighted by Gasteiger charge is 2.27. The number of pyridine rings is 1. The predicted octanol–water partition coefficient (Wildman–Crippen LogP) is 4.15. The molecule has 40 heavy (non-hydrogen) atoms. The van der Waals surface area contributed by atoms with Crippen LogP contribution in [0.4, 0.5) is 0 Å². The van der Waals surface area contributed by atoms with E-state index in [9.17, 15) is 9.59 Å². The van der Waals surface area contributed by atoms with Crippen LogP contribution in [0.2, 0.25) is 0 Å². The van der Waals surface area contributed by atoms with Gasteiger partial charge in [0.2, 0.25) is 5.76 Å². The number of hydrogen-bond acceptors (Lipinski definition) is 8. The Morgan fingerprint density at radius 3 is 2.30 bits per heavy atom. The first-order chi connectivity index (χ1) is 19.5. The molecular formula is C30H30N4O6. The topological polar surface area (TPSA) is 127 Å². The quantitative estimate of drug-likeness (QED) is 0.271. The van der Waals surface area contributed by atoms with Gasteiger partial charge < -0.3 is 29.3 Å². The first kappa shape index (κ1) is 26.9. The van der Waals surface area contributed by atoms with Crippen molar-refractivity contribution < 1.29 is 28.7 Å². The zero-order valence-corrected chi connectivity index (χ0v) is 21.9. The molecule has 206 valence electrons.